The second-order valence-corrected chi connectivity index (χ2v) is 7.42. The lowest BCUT2D eigenvalue weighted by Crippen LogP contribution is -2.38. The Morgan fingerprint density at radius 3 is 2.82 bits per heavy atom. The van der Waals surface area contributed by atoms with Crippen molar-refractivity contribution in [1.29, 1.82) is 0 Å². The van der Waals surface area contributed by atoms with Crippen LogP contribution in [0.4, 0.5) is 0 Å². The summed E-state index contributed by atoms with van der Waals surface area (Å²) in [6.45, 7) is 2.01. The van der Waals surface area contributed by atoms with E-state index >= 15 is 0 Å². The van der Waals surface area contributed by atoms with Gasteiger partial charge in [0.15, 0.2) is 0 Å². The van der Waals surface area contributed by atoms with Crippen molar-refractivity contribution in [2.45, 2.75) is 57.2 Å². The van der Waals surface area contributed by atoms with E-state index in [2.05, 4.69) is 31.7 Å². The first-order chi connectivity index (χ1) is 13.7. The maximum Gasteiger partial charge on any atom is 0.222 e. The van der Waals surface area contributed by atoms with Gasteiger partial charge in [-0.1, -0.05) is 0 Å². The summed E-state index contributed by atoms with van der Waals surface area (Å²) in [5.41, 5.74) is 1.89. The minimum absolute atomic E-state index is 0.0654. The number of aromatic nitrogens is 6. The van der Waals surface area contributed by atoms with Crippen LogP contribution in [-0.4, -0.2) is 41.5 Å². The van der Waals surface area contributed by atoms with E-state index in [0.29, 0.717) is 12.5 Å². The topological polar surface area (TPSA) is 90.5 Å². The van der Waals surface area contributed by atoms with Gasteiger partial charge in [-0.25, -0.2) is 9.97 Å². The molecule has 28 heavy (non-hydrogen) atoms. The molecule has 0 aromatic carbocycles. The molecule has 3 aromatic heterocycles. The summed E-state index contributed by atoms with van der Waals surface area (Å²) in [5, 5.41) is 11.9. The second-order valence-electron chi connectivity index (χ2n) is 7.42. The van der Waals surface area contributed by atoms with Crippen LogP contribution < -0.4 is 5.32 Å². The largest absolute Gasteiger partial charge is 0.353 e. The number of carbonyl (C=O) groups excluding carboxylic acids is 1. The number of amides is 1. The molecule has 0 radical (unpaired) electrons. The summed E-state index contributed by atoms with van der Waals surface area (Å²) in [6, 6.07) is 4.44. The molecule has 1 aliphatic carbocycles. The average molecular weight is 379 g/mol. The molecule has 1 N–H and O–H groups in total. The minimum Gasteiger partial charge on any atom is -0.353 e. The molecule has 1 fully saturated rings. The van der Waals surface area contributed by atoms with E-state index in [1.165, 1.54) is 0 Å². The number of rotatable bonds is 6. The normalized spacial score (nSPS) is 20.6. The van der Waals surface area contributed by atoms with Gasteiger partial charge in [-0.05, 0) is 44.7 Å². The first kappa shape index (κ1) is 18.3. The highest BCUT2D eigenvalue weighted by Gasteiger charge is 2.24. The maximum absolute atomic E-state index is 12.3. The number of nitrogens with one attached hydrogen (secondary N) is 1. The summed E-state index contributed by atoms with van der Waals surface area (Å²) < 4.78 is 3.86. The molecule has 0 bridgehead atoms. The number of hydrogen-bond acceptors (Lipinski definition) is 5. The van der Waals surface area contributed by atoms with Crippen molar-refractivity contribution < 1.29 is 4.79 Å². The van der Waals surface area contributed by atoms with Gasteiger partial charge in [-0.2, -0.15) is 10.2 Å². The van der Waals surface area contributed by atoms with Gasteiger partial charge in [-0.3, -0.25) is 14.2 Å². The number of nitrogens with zero attached hydrogens (tertiary/aromatic N) is 6. The van der Waals surface area contributed by atoms with Gasteiger partial charge < -0.3 is 5.32 Å². The van der Waals surface area contributed by atoms with Gasteiger partial charge in [0.2, 0.25) is 5.91 Å². The van der Waals surface area contributed by atoms with Crippen molar-refractivity contribution in [3.05, 3.63) is 49.4 Å². The van der Waals surface area contributed by atoms with Crippen LogP contribution in [0.1, 0.15) is 51.1 Å². The predicted molar refractivity (Wildman–Crippen MR) is 104 cm³/mol. The fourth-order valence-electron chi connectivity index (χ4n) is 3.81. The van der Waals surface area contributed by atoms with E-state index < -0.39 is 0 Å². The Morgan fingerprint density at radius 1 is 1.25 bits per heavy atom. The third-order valence-corrected chi connectivity index (χ3v) is 5.37. The lowest BCUT2D eigenvalue weighted by atomic mass is 9.91. The molecular weight excluding hydrogens is 354 g/mol. The zero-order valence-electron chi connectivity index (χ0n) is 16.0. The van der Waals surface area contributed by atoms with Gasteiger partial charge in [0.1, 0.15) is 6.33 Å². The summed E-state index contributed by atoms with van der Waals surface area (Å²) in [6.07, 6.45) is 15.2. The summed E-state index contributed by atoms with van der Waals surface area (Å²) in [4.78, 5) is 20.6. The van der Waals surface area contributed by atoms with E-state index in [4.69, 9.17) is 0 Å². The van der Waals surface area contributed by atoms with Crippen LogP contribution in [0.2, 0.25) is 0 Å². The standard InChI is InChI=1S/C20H25N7O/c1-15(26-10-2-8-23-26)11-20(28)25-17-3-5-18(6-4-17)27-13-16(12-24-27)19-7-9-21-14-22-19/h2,7-10,12-15,17-18H,3-6,11H2,1H3,(H,25,28). The van der Waals surface area contributed by atoms with Crippen molar-refractivity contribution in [3.8, 4) is 11.3 Å². The Hall–Kier alpha value is -3.03. The molecule has 0 saturated heterocycles. The Morgan fingerprint density at radius 2 is 2.11 bits per heavy atom. The quantitative estimate of drug-likeness (QED) is 0.711. The summed E-state index contributed by atoms with van der Waals surface area (Å²) in [7, 11) is 0. The van der Waals surface area contributed by atoms with Crippen molar-refractivity contribution in [1.82, 2.24) is 34.8 Å². The highest BCUT2D eigenvalue weighted by Crippen LogP contribution is 2.29. The van der Waals surface area contributed by atoms with Crippen molar-refractivity contribution >= 4 is 5.91 Å². The van der Waals surface area contributed by atoms with Gasteiger partial charge >= 0.3 is 0 Å². The van der Waals surface area contributed by atoms with Crippen molar-refractivity contribution in [3.63, 3.8) is 0 Å². The van der Waals surface area contributed by atoms with Gasteiger partial charge in [0, 0.05) is 42.8 Å². The fraction of sp³-hybridized carbons (Fsp3) is 0.450. The fourth-order valence-corrected chi connectivity index (χ4v) is 3.81. The molecular formula is C20H25N7O. The predicted octanol–water partition coefficient (Wildman–Crippen LogP) is 2.79. The first-order valence-electron chi connectivity index (χ1n) is 9.78. The first-order valence-corrected chi connectivity index (χ1v) is 9.78. The molecule has 0 aliphatic heterocycles. The van der Waals surface area contributed by atoms with Crippen LogP contribution in [0.25, 0.3) is 11.3 Å². The summed E-state index contributed by atoms with van der Waals surface area (Å²) in [5.74, 6) is 0.0941. The smallest absolute Gasteiger partial charge is 0.222 e. The molecule has 1 saturated carbocycles. The Bertz CT molecular complexity index is 882. The van der Waals surface area contributed by atoms with E-state index in [0.717, 1.165) is 36.9 Å². The van der Waals surface area contributed by atoms with Crippen LogP contribution in [0.15, 0.2) is 49.4 Å². The van der Waals surface area contributed by atoms with Crippen LogP contribution in [0.5, 0.6) is 0 Å². The van der Waals surface area contributed by atoms with E-state index in [1.54, 1.807) is 18.7 Å². The van der Waals surface area contributed by atoms with Gasteiger partial charge in [0.25, 0.3) is 0 Å². The molecule has 1 amide bonds. The van der Waals surface area contributed by atoms with Gasteiger partial charge in [-0.15, -0.1) is 0 Å². The molecule has 8 heteroatoms. The molecule has 4 rings (SSSR count). The van der Waals surface area contributed by atoms with E-state index in [-0.39, 0.29) is 18.0 Å². The van der Waals surface area contributed by atoms with Crippen LogP contribution in [0.3, 0.4) is 0 Å². The van der Waals surface area contributed by atoms with E-state index in [1.807, 2.05) is 40.8 Å². The molecule has 1 unspecified atom stereocenters. The SMILES string of the molecule is CC(CC(=O)NC1CCC(n2cc(-c3ccncn3)cn2)CC1)n1cccn1. The molecule has 3 heterocycles. The Labute approximate surface area is 164 Å². The third kappa shape index (κ3) is 4.27. The second kappa shape index (κ2) is 8.33. The Kier molecular flexibility index (Phi) is 5.45. The molecule has 0 spiro atoms. The van der Waals surface area contributed by atoms with Crippen molar-refractivity contribution in [2.75, 3.05) is 0 Å². The van der Waals surface area contributed by atoms with Crippen molar-refractivity contribution in [2.24, 2.45) is 0 Å². The number of hydrogen-bond donors (Lipinski definition) is 1. The highest BCUT2D eigenvalue weighted by atomic mass is 16.1. The average Bonchev–Trinajstić information content (AvgIpc) is 3.42. The van der Waals surface area contributed by atoms with E-state index in [9.17, 15) is 4.79 Å². The zero-order valence-corrected chi connectivity index (χ0v) is 16.0. The molecule has 1 aliphatic rings. The maximum atomic E-state index is 12.3. The molecule has 8 nitrogen and oxygen atoms in total. The van der Waals surface area contributed by atoms with Crippen LogP contribution in [-0.2, 0) is 4.79 Å². The third-order valence-electron chi connectivity index (χ3n) is 5.37. The zero-order chi connectivity index (χ0) is 19.3. The Balaban J connectivity index is 1.27. The molecule has 1 atom stereocenters. The molecule has 3 aromatic rings. The van der Waals surface area contributed by atoms with Gasteiger partial charge in [0.05, 0.1) is 24.0 Å². The monoisotopic (exact) mass is 379 g/mol. The minimum atomic E-state index is 0.0654. The lowest BCUT2D eigenvalue weighted by Gasteiger charge is -2.29. The van der Waals surface area contributed by atoms with Crippen LogP contribution >= 0.6 is 0 Å². The van der Waals surface area contributed by atoms with Crippen LogP contribution in [0, 0.1) is 0 Å². The summed E-state index contributed by atoms with van der Waals surface area (Å²) >= 11 is 0. The number of carbonyl (C=O) groups is 1. The lowest BCUT2D eigenvalue weighted by molar-refractivity contribution is -0.122. The highest BCUT2D eigenvalue weighted by molar-refractivity contribution is 5.76. The molecule has 146 valence electrons.